The number of methoxy groups -OCH3 is 1. The van der Waals surface area contributed by atoms with E-state index < -0.39 is 23.9 Å². The number of carbonyl (C=O) groups is 3. The first-order valence-corrected chi connectivity index (χ1v) is 6.45. The predicted octanol–water partition coefficient (Wildman–Crippen LogP) is 0.980. The highest BCUT2D eigenvalue weighted by atomic mass is 79.9. The molecule has 1 atom stereocenters. The van der Waals surface area contributed by atoms with Crippen LogP contribution in [0.1, 0.15) is 23.3 Å². The standard InChI is InChI=1S/C12H13BrN2O5/c1-20-10(16)5-4-9(12(18)19)15-11(17)8-3-2-7(13)6-14-8/h2-3,6,9H,4-5H2,1H3,(H,15,17)(H,18,19)/t9-/m0/s1. The number of aliphatic carboxylic acids is 1. The molecule has 2 N–H and O–H groups in total. The van der Waals surface area contributed by atoms with Crippen molar-refractivity contribution in [1.29, 1.82) is 0 Å². The van der Waals surface area contributed by atoms with E-state index in [4.69, 9.17) is 5.11 Å². The van der Waals surface area contributed by atoms with Crippen molar-refractivity contribution in [2.75, 3.05) is 7.11 Å². The fourth-order valence-corrected chi connectivity index (χ4v) is 1.60. The van der Waals surface area contributed by atoms with Crippen LogP contribution in [0.15, 0.2) is 22.8 Å². The molecule has 108 valence electrons. The molecule has 0 aliphatic heterocycles. The number of halogens is 1. The number of ether oxygens (including phenoxy) is 1. The Labute approximate surface area is 123 Å². The number of hydrogen-bond donors (Lipinski definition) is 2. The van der Waals surface area contributed by atoms with Crippen LogP contribution in [-0.4, -0.2) is 41.1 Å². The fraction of sp³-hybridized carbons (Fsp3) is 0.333. The number of carbonyl (C=O) groups excluding carboxylic acids is 2. The highest BCUT2D eigenvalue weighted by molar-refractivity contribution is 9.10. The molecule has 20 heavy (non-hydrogen) atoms. The number of carboxylic acids is 1. The van der Waals surface area contributed by atoms with Gasteiger partial charge in [0.2, 0.25) is 0 Å². The Balaban J connectivity index is 2.65. The van der Waals surface area contributed by atoms with Gasteiger partial charge in [-0.1, -0.05) is 0 Å². The molecule has 0 radical (unpaired) electrons. The van der Waals surface area contributed by atoms with Crippen molar-refractivity contribution >= 4 is 33.8 Å². The molecule has 8 heteroatoms. The van der Waals surface area contributed by atoms with Gasteiger partial charge in [0.25, 0.3) is 5.91 Å². The van der Waals surface area contributed by atoms with Gasteiger partial charge in [-0.05, 0) is 34.5 Å². The summed E-state index contributed by atoms with van der Waals surface area (Å²) in [6.45, 7) is 0. The average molecular weight is 345 g/mol. The van der Waals surface area contributed by atoms with Gasteiger partial charge in [-0.3, -0.25) is 9.59 Å². The minimum absolute atomic E-state index is 0.0513. The summed E-state index contributed by atoms with van der Waals surface area (Å²) in [7, 11) is 1.21. The number of esters is 1. The first-order chi connectivity index (χ1) is 9.43. The van der Waals surface area contributed by atoms with E-state index in [0.717, 1.165) is 0 Å². The second-order valence-electron chi connectivity index (χ2n) is 3.84. The van der Waals surface area contributed by atoms with E-state index >= 15 is 0 Å². The van der Waals surface area contributed by atoms with Crippen molar-refractivity contribution in [2.24, 2.45) is 0 Å². The van der Waals surface area contributed by atoms with Crippen LogP contribution in [0.5, 0.6) is 0 Å². The van der Waals surface area contributed by atoms with Gasteiger partial charge < -0.3 is 15.2 Å². The molecule has 0 aliphatic carbocycles. The Kier molecular flexibility index (Phi) is 6.10. The van der Waals surface area contributed by atoms with Gasteiger partial charge in [0, 0.05) is 17.1 Å². The Morgan fingerprint density at radius 2 is 2.15 bits per heavy atom. The number of amides is 1. The molecular formula is C12H13BrN2O5. The number of aromatic nitrogens is 1. The average Bonchev–Trinajstić information content (AvgIpc) is 2.43. The van der Waals surface area contributed by atoms with Crippen LogP contribution in [0.4, 0.5) is 0 Å². The molecule has 0 bridgehead atoms. The second-order valence-corrected chi connectivity index (χ2v) is 4.76. The predicted molar refractivity (Wildman–Crippen MR) is 72.1 cm³/mol. The van der Waals surface area contributed by atoms with Crippen molar-refractivity contribution in [3.63, 3.8) is 0 Å². The van der Waals surface area contributed by atoms with Crippen molar-refractivity contribution < 1.29 is 24.2 Å². The molecule has 1 aromatic rings. The van der Waals surface area contributed by atoms with Crippen molar-refractivity contribution in [3.05, 3.63) is 28.5 Å². The lowest BCUT2D eigenvalue weighted by Crippen LogP contribution is -2.41. The van der Waals surface area contributed by atoms with E-state index in [9.17, 15) is 14.4 Å². The van der Waals surface area contributed by atoms with E-state index in [-0.39, 0.29) is 18.5 Å². The van der Waals surface area contributed by atoms with Crippen molar-refractivity contribution in [1.82, 2.24) is 10.3 Å². The van der Waals surface area contributed by atoms with Crippen LogP contribution >= 0.6 is 15.9 Å². The zero-order valence-electron chi connectivity index (χ0n) is 10.6. The normalized spacial score (nSPS) is 11.5. The van der Waals surface area contributed by atoms with Crippen LogP contribution in [0.25, 0.3) is 0 Å². The summed E-state index contributed by atoms with van der Waals surface area (Å²) in [6.07, 6.45) is 1.28. The smallest absolute Gasteiger partial charge is 0.326 e. The molecular weight excluding hydrogens is 332 g/mol. The summed E-state index contributed by atoms with van der Waals surface area (Å²) >= 11 is 3.18. The fourth-order valence-electron chi connectivity index (χ4n) is 1.36. The molecule has 0 saturated heterocycles. The number of pyridine rings is 1. The highest BCUT2D eigenvalue weighted by Crippen LogP contribution is 2.08. The topological polar surface area (TPSA) is 106 Å². The van der Waals surface area contributed by atoms with E-state index in [1.165, 1.54) is 19.4 Å². The maximum absolute atomic E-state index is 11.8. The quantitative estimate of drug-likeness (QED) is 0.745. The molecule has 7 nitrogen and oxygen atoms in total. The molecule has 0 unspecified atom stereocenters. The Morgan fingerprint density at radius 1 is 1.45 bits per heavy atom. The maximum Gasteiger partial charge on any atom is 0.326 e. The van der Waals surface area contributed by atoms with Gasteiger partial charge in [-0.2, -0.15) is 0 Å². The minimum atomic E-state index is -1.22. The van der Waals surface area contributed by atoms with Crippen molar-refractivity contribution in [2.45, 2.75) is 18.9 Å². The number of nitrogens with one attached hydrogen (secondary N) is 1. The minimum Gasteiger partial charge on any atom is -0.480 e. The van der Waals surface area contributed by atoms with Gasteiger partial charge in [0.05, 0.1) is 7.11 Å². The molecule has 0 saturated carbocycles. The first kappa shape index (κ1) is 16.1. The third-order valence-corrected chi connectivity index (χ3v) is 2.90. The van der Waals surface area contributed by atoms with Gasteiger partial charge >= 0.3 is 11.9 Å². The largest absolute Gasteiger partial charge is 0.480 e. The van der Waals surface area contributed by atoms with Crippen LogP contribution in [0, 0.1) is 0 Å². The molecule has 0 fully saturated rings. The van der Waals surface area contributed by atoms with Gasteiger partial charge in [-0.25, -0.2) is 9.78 Å². The number of nitrogens with zero attached hydrogens (tertiary/aromatic N) is 1. The lowest BCUT2D eigenvalue weighted by molar-refractivity contribution is -0.142. The van der Waals surface area contributed by atoms with Crippen LogP contribution < -0.4 is 5.32 Å². The number of carboxylic acid groups (broad SMARTS) is 1. The molecule has 1 heterocycles. The van der Waals surface area contributed by atoms with Gasteiger partial charge in [-0.15, -0.1) is 0 Å². The van der Waals surface area contributed by atoms with Crippen molar-refractivity contribution in [3.8, 4) is 0 Å². The summed E-state index contributed by atoms with van der Waals surface area (Å²) in [5.74, 6) is -2.37. The molecule has 1 amide bonds. The lowest BCUT2D eigenvalue weighted by atomic mass is 10.1. The van der Waals surface area contributed by atoms with E-state index in [0.29, 0.717) is 4.47 Å². The highest BCUT2D eigenvalue weighted by Gasteiger charge is 2.22. The van der Waals surface area contributed by atoms with Crippen LogP contribution in [0.3, 0.4) is 0 Å². The molecule has 0 aliphatic rings. The molecule has 1 rings (SSSR count). The zero-order valence-corrected chi connectivity index (χ0v) is 12.2. The Hall–Kier alpha value is -1.96. The van der Waals surface area contributed by atoms with E-state index in [2.05, 4.69) is 31.0 Å². The lowest BCUT2D eigenvalue weighted by Gasteiger charge is -2.13. The molecule has 0 spiro atoms. The van der Waals surface area contributed by atoms with Gasteiger partial charge in [0.1, 0.15) is 11.7 Å². The number of rotatable bonds is 6. The van der Waals surface area contributed by atoms with Crippen LogP contribution in [0.2, 0.25) is 0 Å². The summed E-state index contributed by atoms with van der Waals surface area (Å²) in [4.78, 5) is 37.7. The number of hydrogen-bond acceptors (Lipinski definition) is 5. The third kappa shape index (κ3) is 4.96. The maximum atomic E-state index is 11.8. The summed E-state index contributed by atoms with van der Waals surface area (Å²) in [6, 6.07) is 1.90. The van der Waals surface area contributed by atoms with Crippen LogP contribution in [-0.2, 0) is 14.3 Å². The SMILES string of the molecule is COC(=O)CC[C@H](NC(=O)c1ccc(Br)cn1)C(=O)O. The van der Waals surface area contributed by atoms with E-state index in [1.807, 2.05) is 0 Å². The summed E-state index contributed by atoms with van der Waals surface area (Å²) in [5.41, 5.74) is 0.0949. The first-order valence-electron chi connectivity index (χ1n) is 5.66. The monoisotopic (exact) mass is 344 g/mol. The second kappa shape index (κ2) is 7.59. The summed E-state index contributed by atoms with van der Waals surface area (Å²) in [5, 5.41) is 11.3. The summed E-state index contributed by atoms with van der Waals surface area (Å²) < 4.78 is 5.12. The Morgan fingerprint density at radius 3 is 2.65 bits per heavy atom. The van der Waals surface area contributed by atoms with Gasteiger partial charge in [0.15, 0.2) is 0 Å². The molecule has 1 aromatic heterocycles. The zero-order chi connectivity index (χ0) is 15.1. The third-order valence-electron chi connectivity index (χ3n) is 2.43. The molecule has 0 aromatic carbocycles. The Bertz CT molecular complexity index is 503. The van der Waals surface area contributed by atoms with E-state index in [1.54, 1.807) is 6.07 Å².